The van der Waals surface area contributed by atoms with Crippen LogP contribution in [0.5, 0.6) is 0 Å². The molecule has 0 bridgehead atoms. The second-order valence-corrected chi connectivity index (χ2v) is 8.67. The molecule has 39 heavy (non-hydrogen) atoms. The van der Waals surface area contributed by atoms with Gasteiger partial charge in [-0.25, -0.2) is 0 Å². The monoisotopic (exact) mass is 515 g/mol. The summed E-state index contributed by atoms with van der Waals surface area (Å²) in [6, 6.07) is -5.18. The largest absolute Gasteiger partial charge is 0.455 e. The Labute approximate surface area is 253 Å². The fraction of sp³-hybridized carbons (Fsp3) is 0. The first-order chi connectivity index (χ1) is 27.2. The highest BCUT2D eigenvalue weighted by Gasteiger charge is 2.17. The molecule has 1 nitrogen and oxygen atoms in total. The van der Waals surface area contributed by atoms with Crippen LogP contribution in [-0.4, -0.2) is 0 Å². The van der Waals surface area contributed by atoms with Crippen molar-refractivity contribution in [3.8, 4) is 33.4 Å². The van der Waals surface area contributed by atoms with Gasteiger partial charge in [0.05, 0.1) is 26.0 Å². The van der Waals surface area contributed by atoms with Crippen molar-refractivity contribution < 1.29 is 30.5 Å². The number of hydrogen-bond donors (Lipinski definition) is 0. The van der Waals surface area contributed by atoms with Crippen molar-refractivity contribution in [2.75, 3.05) is 0 Å². The van der Waals surface area contributed by atoms with E-state index in [1.54, 1.807) is 0 Å². The second-order valence-electron chi connectivity index (χ2n) is 8.67. The van der Waals surface area contributed by atoms with E-state index < -0.39 is 114 Å². The molecule has 7 aromatic carbocycles. The van der Waals surface area contributed by atoms with Crippen molar-refractivity contribution in [1.82, 2.24) is 0 Å². The van der Waals surface area contributed by atoms with Gasteiger partial charge in [-0.15, -0.1) is 0 Å². The maximum absolute atomic E-state index is 9.20. The molecule has 0 aliphatic heterocycles. The fourth-order valence-electron chi connectivity index (χ4n) is 4.97. The van der Waals surface area contributed by atoms with Crippen molar-refractivity contribution in [1.29, 1.82) is 0 Å². The molecule has 0 spiro atoms. The zero-order chi connectivity index (χ0) is 42.3. The minimum absolute atomic E-state index is 0.0147. The van der Waals surface area contributed by atoms with E-state index in [-0.39, 0.29) is 77.8 Å². The summed E-state index contributed by atoms with van der Waals surface area (Å²) in [5.74, 6) is 0. The Balaban J connectivity index is 1.61. The van der Waals surface area contributed by atoms with Gasteiger partial charge in [0, 0.05) is 16.3 Å². The molecule has 182 valence electrons. The highest BCUT2D eigenvalue weighted by atomic mass is 16.3. The maximum Gasteiger partial charge on any atom is 0.143 e. The van der Waals surface area contributed by atoms with Crippen molar-refractivity contribution in [3.05, 3.63) is 145 Å². The number of benzene rings is 7. The minimum Gasteiger partial charge on any atom is -0.455 e. The summed E-state index contributed by atoms with van der Waals surface area (Å²) < 4.78 is 171. The van der Waals surface area contributed by atoms with Crippen molar-refractivity contribution in [2.45, 2.75) is 0 Å². The van der Waals surface area contributed by atoms with E-state index >= 15 is 0 Å². The van der Waals surface area contributed by atoms with Crippen LogP contribution < -0.4 is 0 Å². The van der Waals surface area contributed by atoms with Crippen molar-refractivity contribution in [2.24, 2.45) is 0 Å². The van der Waals surface area contributed by atoms with E-state index in [0.717, 1.165) is 0 Å². The van der Waals surface area contributed by atoms with E-state index in [1.807, 2.05) is 0 Å². The third kappa shape index (κ3) is 3.41. The molecule has 1 heterocycles. The first-order valence-electron chi connectivity index (χ1n) is 21.3. The second kappa shape index (κ2) is 8.72. The molecule has 0 saturated heterocycles. The Bertz CT molecular complexity index is 3110. The lowest BCUT2D eigenvalue weighted by Crippen LogP contribution is -1.91. The standard InChI is InChI=1S/C38H24O/c1-2-12-25(13-3-1)36-30-17-4-6-19-32(30)37(33-20-7-5-18-31(33)36)27-15-10-14-26(24-27)28-21-11-22-34-29-16-8-9-23-35(29)39-38(28)34/h1-24H/i1D,2D,3D,4D,5D,6D,7D,8D,9D,11D,12D,13D,16D,17D,18D,19D,20D,21D,23D. The summed E-state index contributed by atoms with van der Waals surface area (Å²) in [4.78, 5) is 0. The van der Waals surface area contributed by atoms with Gasteiger partial charge in [0.2, 0.25) is 0 Å². The lowest BCUT2D eigenvalue weighted by atomic mass is 9.85. The van der Waals surface area contributed by atoms with E-state index in [1.165, 1.54) is 30.3 Å². The van der Waals surface area contributed by atoms with Crippen molar-refractivity contribution >= 4 is 43.5 Å². The molecule has 0 atom stereocenters. The first kappa shape index (κ1) is 10.2. The van der Waals surface area contributed by atoms with Gasteiger partial charge in [0.25, 0.3) is 0 Å². The molecule has 0 aliphatic carbocycles. The summed E-state index contributed by atoms with van der Waals surface area (Å²) in [6.07, 6.45) is 0. The molecule has 0 radical (unpaired) electrons. The highest BCUT2D eigenvalue weighted by molar-refractivity contribution is 6.21. The van der Waals surface area contributed by atoms with Crippen LogP contribution in [0.15, 0.2) is 150 Å². The molecule has 8 aromatic rings. The summed E-state index contributed by atoms with van der Waals surface area (Å²) in [5.41, 5.74) is -1.18. The zero-order valence-electron chi connectivity index (χ0n) is 38.8. The third-order valence-corrected chi connectivity index (χ3v) is 6.58. The van der Waals surface area contributed by atoms with Gasteiger partial charge in [-0.2, -0.15) is 0 Å². The van der Waals surface area contributed by atoms with Gasteiger partial charge in [-0.1, -0.05) is 133 Å². The van der Waals surface area contributed by atoms with Crippen LogP contribution in [0, 0.1) is 0 Å². The topological polar surface area (TPSA) is 13.1 Å². The van der Waals surface area contributed by atoms with Gasteiger partial charge in [-0.05, 0) is 61.5 Å². The quantitative estimate of drug-likeness (QED) is 0.213. The summed E-state index contributed by atoms with van der Waals surface area (Å²) in [5, 5.41) is -1.29. The Kier molecular flexibility index (Phi) is 2.28. The van der Waals surface area contributed by atoms with Crippen molar-refractivity contribution in [3.63, 3.8) is 0 Å². The number of fused-ring (bicyclic) bond motifs is 5. The summed E-state index contributed by atoms with van der Waals surface area (Å²) in [6.45, 7) is 0. The van der Waals surface area contributed by atoms with E-state index in [0.29, 0.717) is 0 Å². The minimum atomic E-state index is -0.788. The van der Waals surface area contributed by atoms with Crippen LogP contribution in [0.4, 0.5) is 0 Å². The van der Waals surface area contributed by atoms with Crippen LogP contribution in [0.25, 0.3) is 76.9 Å². The van der Waals surface area contributed by atoms with E-state index in [9.17, 15) is 2.74 Å². The van der Waals surface area contributed by atoms with Crippen LogP contribution >= 0.6 is 0 Å². The predicted octanol–water partition coefficient (Wildman–Crippen LogP) is 10.9. The van der Waals surface area contributed by atoms with Crippen LogP contribution in [-0.2, 0) is 0 Å². The molecule has 1 aromatic heterocycles. The highest BCUT2D eigenvalue weighted by Crippen LogP contribution is 2.44. The molecule has 0 aliphatic rings. The van der Waals surface area contributed by atoms with Gasteiger partial charge >= 0.3 is 0 Å². The van der Waals surface area contributed by atoms with Crippen LogP contribution in [0.3, 0.4) is 0 Å². The SMILES string of the molecule is [2H]c1cc2c(oc3c([2H])c([2H])c([2H])c([2H])c32)c(-c2cccc(-c3c4c([2H])c([2H])c([2H])c([2H])c4c(-c4c([2H])c([2H])c([2H])c([2H])c4[2H])c4c([2H])c([2H])c([2H])c([2H])c34)c2)c1[2H]. The summed E-state index contributed by atoms with van der Waals surface area (Å²) in [7, 11) is 0. The molecule has 0 N–H and O–H groups in total. The van der Waals surface area contributed by atoms with E-state index in [4.69, 9.17) is 27.7 Å². The average molecular weight is 516 g/mol. The number of furan rings is 1. The van der Waals surface area contributed by atoms with Crippen LogP contribution in [0.2, 0.25) is 0 Å². The van der Waals surface area contributed by atoms with Gasteiger partial charge in [-0.3, -0.25) is 0 Å². The number of hydrogen-bond acceptors (Lipinski definition) is 1. The Hall–Kier alpha value is -5.14. The fourth-order valence-corrected chi connectivity index (χ4v) is 4.97. The Morgan fingerprint density at radius 3 is 1.69 bits per heavy atom. The summed E-state index contributed by atoms with van der Waals surface area (Å²) >= 11 is 0. The molecular formula is C38H24O. The van der Waals surface area contributed by atoms with Gasteiger partial charge < -0.3 is 4.42 Å². The molecule has 0 fully saturated rings. The predicted molar refractivity (Wildman–Crippen MR) is 165 cm³/mol. The number of rotatable bonds is 3. The molecule has 1 heteroatoms. The maximum atomic E-state index is 9.20. The Morgan fingerprint density at radius 1 is 0.436 bits per heavy atom. The molecule has 0 saturated carbocycles. The zero-order valence-corrected chi connectivity index (χ0v) is 19.8. The lowest BCUT2D eigenvalue weighted by molar-refractivity contribution is 0.670. The molecule has 0 unspecified atom stereocenters. The average Bonchev–Trinajstić information content (AvgIpc) is 3.58. The van der Waals surface area contributed by atoms with Crippen LogP contribution in [0.1, 0.15) is 26.0 Å². The number of para-hydroxylation sites is 2. The van der Waals surface area contributed by atoms with Gasteiger partial charge in [0.1, 0.15) is 11.2 Å². The molecular weight excluding hydrogens is 472 g/mol. The normalized spacial score (nSPS) is 18.4. The molecule has 8 rings (SSSR count). The van der Waals surface area contributed by atoms with E-state index in [2.05, 4.69) is 0 Å². The Morgan fingerprint density at radius 2 is 1.00 bits per heavy atom. The smallest absolute Gasteiger partial charge is 0.143 e. The third-order valence-electron chi connectivity index (χ3n) is 6.58. The van der Waals surface area contributed by atoms with Gasteiger partial charge in [0.15, 0.2) is 0 Å². The lowest BCUT2D eigenvalue weighted by Gasteiger charge is -2.18. The molecule has 0 amide bonds. The first-order valence-corrected chi connectivity index (χ1v) is 11.8.